The zero-order chi connectivity index (χ0) is 20.8. The summed E-state index contributed by atoms with van der Waals surface area (Å²) in [4.78, 5) is 22.3. The van der Waals surface area contributed by atoms with Gasteiger partial charge in [-0.1, -0.05) is 41.0 Å². The molecule has 2 N–H and O–H groups in total. The summed E-state index contributed by atoms with van der Waals surface area (Å²) in [6.45, 7) is 0.354. The van der Waals surface area contributed by atoms with Crippen molar-refractivity contribution in [2.75, 3.05) is 0 Å². The van der Waals surface area contributed by atoms with Gasteiger partial charge in [-0.25, -0.2) is 0 Å². The van der Waals surface area contributed by atoms with E-state index < -0.39 is 11.2 Å². The highest BCUT2D eigenvalue weighted by molar-refractivity contribution is 8.15. The van der Waals surface area contributed by atoms with Crippen LogP contribution in [-0.2, 0) is 16.2 Å². The van der Waals surface area contributed by atoms with E-state index in [0.717, 1.165) is 22.9 Å². The number of rotatable bonds is 7. The number of carbonyl (C=O) groups is 2. The summed E-state index contributed by atoms with van der Waals surface area (Å²) in [5, 5.41) is 19.7. The number of hydrogen-bond donors (Lipinski definition) is 2. The molecule has 0 aromatic heterocycles. The molecule has 10 heteroatoms. The number of thioether (sulfide) groups is 1. The van der Waals surface area contributed by atoms with Crippen LogP contribution in [0.15, 0.2) is 52.7 Å². The number of carboxylic acids is 1. The van der Waals surface area contributed by atoms with Gasteiger partial charge in [-0.05, 0) is 47.5 Å². The maximum Gasteiger partial charge on any atom is 0.305 e. The van der Waals surface area contributed by atoms with Crippen LogP contribution in [0.3, 0.4) is 0 Å². The van der Waals surface area contributed by atoms with Gasteiger partial charge in [0.2, 0.25) is 5.91 Å². The van der Waals surface area contributed by atoms with Crippen molar-refractivity contribution in [3.05, 3.63) is 63.6 Å². The number of benzene rings is 2. The van der Waals surface area contributed by atoms with Crippen LogP contribution >= 0.6 is 35.0 Å². The van der Waals surface area contributed by atoms with E-state index in [2.05, 4.69) is 15.5 Å². The lowest BCUT2D eigenvalue weighted by Gasteiger charge is -2.07. The van der Waals surface area contributed by atoms with E-state index in [1.807, 2.05) is 18.2 Å². The lowest BCUT2D eigenvalue weighted by molar-refractivity contribution is -0.138. The average Bonchev–Trinajstić information content (AvgIpc) is 3.02. The van der Waals surface area contributed by atoms with E-state index in [1.165, 1.54) is 6.21 Å². The minimum absolute atomic E-state index is 0.261. The van der Waals surface area contributed by atoms with Gasteiger partial charge >= 0.3 is 5.97 Å². The number of halogens is 2. The molecule has 0 saturated carbocycles. The minimum Gasteiger partial charge on any atom is -0.489 e. The Hall–Kier alpha value is -2.55. The van der Waals surface area contributed by atoms with Crippen LogP contribution in [0.1, 0.15) is 17.5 Å². The summed E-state index contributed by atoms with van der Waals surface area (Å²) >= 11 is 12.9. The maximum atomic E-state index is 11.6. The van der Waals surface area contributed by atoms with Crippen LogP contribution in [0, 0.1) is 0 Å². The molecule has 1 aliphatic rings. The Morgan fingerprint density at radius 1 is 1.21 bits per heavy atom. The third kappa shape index (κ3) is 6.22. The quantitative estimate of drug-likeness (QED) is 0.489. The highest BCUT2D eigenvalue weighted by Gasteiger charge is 2.32. The fourth-order valence-electron chi connectivity index (χ4n) is 2.34. The lowest BCUT2D eigenvalue weighted by atomic mass is 10.2. The molecule has 1 aliphatic heterocycles. The van der Waals surface area contributed by atoms with E-state index in [9.17, 15) is 9.59 Å². The van der Waals surface area contributed by atoms with Crippen LogP contribution in [-0.4, -0.2) is 33.6 Å². The number of amidine groups is 1. The first-order valence-electron chi connectivity index (χ1n) is 8.38. The number of nitrogens with zero attached hydrogens (tertiary/aromatic N) is 2. The van der Waals surface area contributed by atoms with Crippen LogP contribution in [0.2, 0.25) is 10.0 Å². The summed E-state index contributed by atoms with van der Waals surface area (Å²) in [7, 11) is 0. The Kier molecular flexibility index (Phi) is 7.13. The van der Waals surface area contributed by atoms with Crippen molar-refractivity contribution in [2.45, 2.75) is 18.3 Å². The van der Waals surface area contributed by atoms with Gasteiger partial charge < -0.3 is 15.2 Å². The number of carboxylic acid groups (broad SMARTS) is 1. The Morgan fingerprint density at radius 3 is 2.66 bits per heavy atom. The molecular weight excluding hydrogens is 437 g/mol. The topological polar surface area (TPSA) is 100 Å². The molecule has 0 aliphatic carbocycles. The number of carbonyl (C=O) groups excluding carboxylic acids is 1. The molecule has 150 valence electrons. The number of hydrogen-bond acceptors (Lipinski definition) is 6. The molecular formula is C19H15Cl2N3O4S. The molecule has 3 rings (SSSR count). The second-order valence-electron chi connectivity index (χ2n) is 5.95. The van der Waals surface area contributed by atoms with Gasteiger partial charge in [0.05, 0.1) is 22.7 Å². The predicted octanol–water partition coefficient (Wildman–Crippen LogP) is 3.97. The SMILES string of the molecule is O=C(O)CC1S/C(=N/N=C/c2ccc(OCc3ccc(Cl)c(Cl)c3)cc2)NC1=O. The summed E-state index contributed by atoms with van der Waals surface area (Å²) in [6.07, 6.45) is 1.26. The van der Waals surface area contributed by atoms with Crippen molar-refractivity contribution in [2.24, 2.45) is 10.2 Å². The largest absolute Gasteiger partial charge is 0.489 e. The highest BCUT2D eigenvalue weighted by Crippen LogP contribution is 2.24. The number of nitrogens with one attached hydrogen (secondary N) is 1. The molecule has 7 nitrogen and oxygen atoms in total. The van der Waals surface area contributed by atoms with E-state index in [-0.39, 0.29) is 17.5 Å². The summed E-state index contributed by atoms with van der Waals surface area (Å²) in [5.41, 5.74) is 1.69. The summed E-state index contributed by atoms with van der Waals surface area (Å²) < 4.78 is 5.71. The Morgan fingerprint density at radius 2 is 1.97 bits per heavy atom. The second kappa shape index (κ2) is 9.78. The monoisotopic (exact) mass is 451 g/mol. The average molecular weight is 452 g/mol. The molecule has 1 atom stereocenters. The fraction of sp³-hybridized carbons (Fsp3) is 0.158. The first-order valence-corrected chi connectivity index (χ1v) is 10.0. The predicted molar refractivity (Wildman–Crippen MR) is 114 cm³/mol. The first kappa shape index (κ1) is 21.2. The lowest BCUT2D eigenvalue weighted by Crippen LogP contribution is -2.26. The third-order valence-electron chi connectivity index (χ3n) is 3.76. The van der Waals surface area contributed by atoms with Crippen molar-refractivity contribution in [1.82, 2.24) is 5.32 Å². The number of aliphatic carboxylic acids is 1. The van der Waals surface area contributed by atoms with Gasteiger partial charge in [-0.3, -0.25) is 9.59 Å². The normalized spacial score (nSPS) is 17.7. The van der Waals surface area contributed by atoms with Gasteiger partial charge in [0.25, 0.3) is 0 Å². The molecule has 0 spiro atoms. The first-order chi connectivity index (χ1) is 13.9. The van der Waals surface area contributed by atoms with E-state index in [4.69, 9.17) is 33.0 Å². The minimum atomic E-state index is -1.04. The summed E-state index contributed by atoms with van der Waals surface area (Å²) in [6, 6.07) is 12.5. The fourth-order valence-corrected chi connectivity index (χ4v) is 3.58. The van der Waals surface area contributed by atoms with Crippen LogP contribution in [0.5, 0.6) is 5.75 Å². The molecule has 0 bridgehead atoms. The molecule has 2 aromatic rings. The molecule has 1 fully saturated rings. The highest BCUT2D eigenvalue weighted by atomic mass is 35.5. The maximum absolute atomic E-state index is 11.6. The van der Waals surface area contributed by atoms with Gasteiger partial charge in [0.1, 0.15) is 17.6 Å². The Bertz CT molecular complexity index is 980. The van der Waals surface area contributed by atoms with Gasteiger partial charge in [-0.15, -0.1) is 5.10 Å². The Labute approximate surface area is 180 Å². The van der Waals surface area contributed by atoms with Gasteiger partial charge in [0, 0.05) is 0 Å². The zero-order valence-electron chi connectivity index (χ0n) is 14.8. The molecule has 1 saturated heterocycles. The van der Waals surface area contributed by atoms with Crippen molar-refractivity contribution in [3.8, 4) is 5.75 Å². The number of ether oxygens (including phenoxy) is 1. The smallest absolute Gasteiger partial charge is 0.305 e. The summed E-state index contributed by atoms with van der Waals surface area (Å²) in [5.74, 6) is -0.742. The van der Waals surface area contributed by atoms with Gasteiger partial charge in [0.15, 0.2) is 5.17 Å². The zero-order valence-corrected chi connectivity index (χ0v) is 17.2. The Balaban J connectivity index is 1.53. The third-order valence-corrected chi connectivity index (χ3v) is 5.57. The van der Waals surface area contributed by atoms with Crippen molar-refractivity contribution in [3.63, 3.8) is 0 Å². The molecule has 1 heterocycles. The molecule has 2 aromatic carbocycles. The van der Waals surface area contributed by atoms with Crippen molar-refractivity contribution in [1.29, 1.82) is 0 Å². The van der Waals surface area contributed by atoms with E-state index in [0.29, 0.717) is 22.4 Å². The molecule has 29 heavy (non-hydrogen) atoms. The van der Waals surface area contributed by atoms with Gasteiger partial charge in [-0.2, -0.15) is 5.10 Å². The van der Waals surface area contributed by atoms with Crippen LogP contribution < -0.4 is 10.1 Å². The van der Waals surface area contributed by atoms with Crippen molar-refractivity contribution >= 4 is 58.2 Å². The van der Waals surface area contributed by atoms with E-state index in [1.54, 1.807) is 24.3 Å². The number of amides is 1. The second-order valence-corrected chi connectivity index (χ2v) is 7.96. The van der Waals surface area contributed by atoms with Crippen molar-refractivity contribution < 1.29 is 19.4 Å². The molecule has 1 amide bonds. The van der Waals surface area contributed by atoms with E-state index >= 15 is 0 Å². The van der Waals surface area contributed by atoms with Crippen LogP contribution in [0.25, 0.3) is 0 Å². The molecule has 1 unspecified atom stereocenters. The standard InChI is InChI=1S/C19H15Cl2N3O4S/c20-14-6-3-12(7-15(14)21)10-28-13-4-1-11(2-5-13)9-22-24-19-23-18(27)16(29-19)8-17(25)26/h1-7,9,16H,8,10H2,(H,25,26)(H,23,24,27)/b22-9+. The molecule has 0 radical (unpaired) electrons. The van der Waals surface area contributed by atoms with Crippen LogP contribution in [0.4, 0.5) is 0 Å².